The third-order valence-electron chi connectivity index (χ3n) is 2.48. The smallest absolute Gasteiger partial charge is 0.333 e. The first-order valence-corrected chi connectivity index (χ1v) is 6.90. The first-order chi connectivity index (χ1) is 10.4. The van der Waals surface area contributed by atoms with Gasteiger partial charge >= 0.3 is 11.9 Å². The fraction of sp³-hybridized carbons (Fsp3) is 0.250. The molecule has 0 fully saturated rings. The van der Waals surface area contributed by atoms with E-state index in [1.807, 2.05) is 0 Å². The van der Waals surface area contributed by atoms with Crippen LogP contribution in [-0.4, -0.2) is 25.2 Å². The van der Waals surface area contributed by atoms with Crippen molar-refractivity contribution in [3.05, 3.63) is 52.8 Å². The van der Waals surface area contributed by atoms with Gasteiger partial charge in [-0.1, -0.05) is 24.2 Å². The number of esters is 2. The SMILES string of the molecule is C=C(C)C(=O)OCCCOC(=O)/C=C/c1ccc(F)cc1Cl. The molecule has 0 N–H and O–H groups in total. The van der Waals surface area contributed by atoms with Gasteiger partial charge < -0.3 is 9.47 Å². The van der Waals surface area contributed by atoms with E-state index in [1.54, 1.807) is 6.92 Å². The van der Waals surface area contributed by atoms with Gasteiger partial charge in [-0.05, 0) is 30.7 Å². The molecule has 0 amide bonds. The third kappa shape index (κ3) is 6.54. The van der Waals surface area contributed by atoms with Crippen LogP contribution in [0.5, 0.6) is 0 Å². The second-order valence-electron chi connectivity index (χ2n) is 4.44. The summed E-state index contributed by atoms with van der Waals surface area (Å²) in [5, 5.41) is 0.204. The first kappa shape index (κ1) is 17.9. The van der Waals surface area contributed by atoms with Crippen LogP contribution in [0.2, 0.25) is 5.02 Å². The van der Waals surface area contributed by atoms with E-state index in [1.165, 1.54) is 24.3 Å². The van der Waals surface area contributed by atoms with E-state index < -0.39 is 17.8 Å². The molecular weight excluding hydrogens is 311 g/mol. The highest BCUT2D eigenvalue weighted by molar-refractivity contribution is 6.32. The lowest BCUT2D eigenvalue weighted by molar-refractivity contribution is -0.140. The van der Waals surface area contributed by atoms with Crippen molar-refractivity contribution in [2.24, 2.45) is 0 Å². The monoisotopic (exact) mass is 326 g/mol. The lowest BCUT2D eigenvalue weighted by Gasteiger charge is -2.04. The van der Waals surface area contributed by atoms with Crippen LogP contribution in [0.15, 0.2) is 36.4 Å². The lowest BCUT2D eigenvalue weighted by Crippen LogP contribution is -2.09. The predicted octanol–water partition coefficient (Wildman–Crippen LogP) is 3.54. The summed E-state index contributed by atoms with van der Waals surface area (Å²) < 4.78 is 22.6. The molecule has 0 aliphatic heterocycles. The van der Waals surface area contributed by atoms with Crippen LogP contribution in [0.3, 0.4) is 0 Å². The summed E-state index contributed by atoms with van der Waals surface area (Å²) >= 11 is 5.81. The molecule has 0 heterocycles. The number of hydrogen-bond acceptors (Lipinski definition) is 4. The first-order valence-electron chi connectivity index (χ1n) is 6.52. The molecule has 0 aliphatic carbocycles. The standard InChI is InChI=1S/C16H16ClFO4/c1-11(2)16(20)22-9-3-8-21-15(19)7-5-12-4-6-13(18)10-14(12)17/h4-7,10H,1,3,8-9H2,2H3/b7-5+. The molecule has 1 aromatic rings. The molecule has 1 aromatic carbocycles. The van der Waals surface area contributed by atoms with Gasteiger partial charge in [0.05, 0.1) is 18.2 Å². The summed E-state index contributed by atoms with van der Waals surface area (Å²) in [5.74, 6) is -1.49. The summed E-state index contributed by atoms with van der Waals surface area (Å²) in [6.07, 6.45) is 3.01. The molecule has 0 spiro atoms. The van der Waals surface area contributed by atoms with Crippen LogP contribution >= 0.6 is 11.6 Å². The molecule has 0 saturated carbocycles. The molecule has 0 aliphatic rings. The predicted molar refractivity (Wildman–Crippen MR) is 81.8 cm³/mol. The van der Waals surface area contributed by atoms with Gasteiger partial charge in [0.2, 0.25) is 0 Å². The number of halogens is 2. The van der Waals surface area contributed by atoms with Gasteiger partial charge in [-0.3, -0.25) is 0 Å². The van der Waals surface area contributed by atoms with Gasteiger partial charge in [0.1, 0.15) is 5.82 Å². The summed E-state index contributed by atoms with van der Waals surface area (Å²) in [5.41, 5.74) is 0.825. The Kier molecular flexibility index (Phi) is 7.32. The number of ether oxygens (including phenoxy) is 2. The normalized spacial score (nSPS) is 10.5. The number of rotatable bonds is 7. The molecule has 0 radical (unpaired) electrons. The molecule has 0 atom stereocenters. The third-order valence-corrected chi connectivity index (χ3v) is 2.80. The number of carbonyl (C=O) groups excluding carboxylic acids is 2. The van der Waals surface area contributed by atoms with E-state index in [0.29, 0.717) is 17.6 Å². The van der Waals surface area contributed by atoms with Crippen LogP contribution in [0.25, 0.3) is 6.08 Å². The van der Waals surface area contributed by atoms with E-state index in [9.17, 15) is 14.0 Å². The minimum atomic E-state index is -0.563. The van der Waals surface area contributed by atoms with Crippen LogP contribution in [0, 0.1) is 5.82 Å². The zero-order valence-electron chi connectivity index (χ0n) is 12.1. The summed E-state index contributed by atoms with van der Waals surface area (Å²) in [6.45, 7) is 5.25. The van der Waals surface area contributed by atoms with Crippen LogP contribution in [-0.2, 0) is 19.1 Å². The van der Waals surface area contributed by atoms with Crippen molar-refractivity contribution in [3.63, 3.8) is 0 Å². The van der Waals surface area contributed by atoms with Crippen LogP contribution < -0.4 is 0 Å². The summed E-state index contributed by atoms with van der Waals surface area (Å²) in [7, 11) is 0. The minimum Gasteiger partial charge on any atom is -0.462 e. The summed E-state index contributed by atoms with van der Waals surface area (Å²) in [6, 6.07) is 3.86. The zero-order chi connectivity index (χ0) is 16.5. The van der Waals surface area contributed by atoms with E-state index in [4.69, 9.17) is 21.1 Å². The van der Waals surface area contributed by atoms with E-state index in [0.717, 1.165) is 6.07 Å². The van der Waals surface area contributed by atoms with Crippen molar-refractivity contribution in [1.82, 2.24) is 0 Å². The molecule has 0 saturated heterocycles. The Bertz CT molecular complexity index is 596. The maximum Gasteiger partial charge on any atom is 0.333 e. The Morgan fingerprint density at radius 2 is 2.00 bits per heavy atom. The Balaban J connectivity index is 2.30. The van der Waals surface area contributed by atoms with Gasteiger partial charge in [0, 0.05) is 18.1 Å². The van der Waals surface area contributed by atoms with Crippen molar-refractivity contribution in [1.29, 1.82) is 0 Å². The molecule has 1 rings (SSSR count). The Labute approximate surface area is 133 Å². The zero-order valence-corrected chi connectivity index (χ0v) is 12.9. The average Bonchev–Trinajstić information content (AvgIpc) is 2.45. The van der Waals surface area contributed by atoms with Crippen molar-refractivity contribution in [3.8, 4) is 0 Å². The fourth-order valence-corrected chi connectivity index (χ4v) is 1.59. The Hall–Kier alpha value is -2.14. The quantitative estimate of drug-likeness (QED) is 0.437. The van der Waals surface area contributed by atoms with Crippen molar-refractivity contribution >= 4 is 29.6 Å². The Morgan fingerprint density at radius 1 is 1.32 bits per heavy atom. The molecule has 22 heavy (non-hydrogen) atoms. The minimum absolute atomic E-state index is 0.115. The molecule has 4 nitrogen and oxygen atoms in total. The van der Waals surface area contributed by atoms with Gasteiger partial charge in [-0.2, -0.15) is 0 Å². The molecule has 6 heteroatoms. The second-order valence-corrected chi connectivity index (χ2v) is 4.84. The van der Waals surface area contributed by atoms with Gasteiger partial charge in [-0.25, -0.2) is 14.0 Å². The highest BCUT2D eigenvalue weighted by Gasteiger charge is 2.03. The average molecular weight is 327 g/mol. The maximum absolute atomic E-state index is 12.9. The molecular formula is C16H16ClFO4. The second kappa shape index (κ2) is 9.00. The molecule has 118 valence electrons. The lowest BCUT2D eigenvalue weighted by atomic mass is 10.2. The van der Waals surface area contributed by atoms with Crippen molar-refractivity contribution in [2.45, 2.75) is 13.3 Å². The molecule has 0 aromatic heterocycles. The van der Waals surface area contributed by atoms with E-state index in [2.05, 4.69) is 6.58 Å². The summed E-state index contributed by atoms with van der Waals surface area (Å²) in [4.78, 5) is 22.5. The van der Waals surface area contributed by atoms with Gasteiger partial charge in [0.25, 0.3) is 0 Å². The van der Waals surface area contributed by atoms with Crippen LogP contribution in [0.1, 0.15) is 18.9 Å². The topological polar surface area (TPSA) is 52.6 Å². The maximum atomic E-state index is 12.9. The number of benzene rings is 1. The highest BCUT2D eigenvalue weighted by atomic mass is 35.5. The largest absolute Gasteiger partial charge is 0.462 e. The van der Waals surface area contributed by atoms with Crippen molar-refractivity contribution in [2.75, 3.05) is 13.2 Å². The van der Waals surface area contributed by atoms with Gasteiger partial charge in [-0.15, -0.1) is 0 Å². The van der Waals surface area contributed by atoms with E-state index in [-0.39, 0.29) is 18.2 Å². The highest BCUT2D eigenvalue weighted by Crippen LogP contribution is 2.18. The Morgan fingerprint density at radius 3 is 2.64 bits per heavy atom. The number of carbonyl (C=O) groups is 2. The van der Waals surface area contributed by atoms with Gasteiger partial charge in [0.15, 0.2) is 0 Å². The van der Waals surface area contributed by atoms with Crippen LogP contribution in [0.4, 0.5) is 4.39 Å². The molecule has 0 bridgehead atoms. The fourth-order valence-electron chi connectivity index (χ4n) is 1.36. The number of hydrogen-bond donors (Lipinski definition) is 0. The van der Waals surface area contributed by atoms with E-state index >= 15 is 0 Å². The van der Waals surface area contributed by atoms with Crippen molar-refractivity contribution < 1.29 is 23.5 Å². The molecule has 0 unspecified atom stereocenters.